The second kappa shape index (κ2) is 4.79. The molecule has 0 amide bonds. The van der Waals surface area contributed by atoms with Crippen molar-refractivity contribution >= 4 is 24.1 Å². The number of benzene rings is 1. The first-order chi connectivity index (χ1) is 7.33. The van der Waals surface area contributed by atoms with Crippen molar-refractivity contribution in [1.29, 1.82) is 0 Å². The molecule has 15 heavy (non-hydrogen) atoms. The second-order valence-electron chi connectivity index (χ2n) is 3.29. The van der Waals surface area contributed by atoms with E-state index in [2.05, 4.69) is 10.3 Å². The van der Waals surface area contributed by atoms with Gasteiger partial charge in [-0.05, 0) is 0 Å². The van der Waals surface area contributed by atoms with Crippen LogP contribution in [0.15, 0.2) is 23.1 Å². The quantitative estimate of drug-likeness (QED) is 0.504. The first-order valence-electron chi connectivity index (χ1n) is 4.77. The fraction of sp³-hybridized carbons (Fsp3) is 0.273. The Hall–Kier alpha value is -0.831. The number of rotatable bonds is 4. The van der Waals surface area contributed by atoms with Gasteiger partial charge in [0, 0.05) is 0 Å². The molecule has 0 saturated heterocycles. The van der Waals surface area contributed by atoms with Gasteiger partial charge in [-0.15, -0.1) is 0 Å². The third-order valence-corrected chi connectivity index (χ3v) is 4.41. The van der Waals surface area contributed by atoms with E-state index >= 15 is 0 Å². The Balaban J connectivity index is 2.27. The fourth-order valence-electron chi connectivity index (χ4n) is 1.61. The first-order valence-corrected chi connectivity index (χ1v) is 6.62. The van der Waals surface area contributed by atoms with Gasteiger partial charge in [0.15, 0.2) is 0 Å². The Morgan fingerprint density at radius 3 is 3.07 bits per heavy atom. The van der Waals surface area contributed by atoms with Crippen molar-refractivity contribution in [1.82, 2.24) is 5.32 Å². The van der Waals surface area contributed by atoms with Crippen molar-refractivity contribution in [2.45, 2.75) is 6.42 Å². The van der Waals surface area contributed by atoms with Gasteiger partial charge in [-0.2, -0.15) is 0 Å². The maximum absolute atomic E-state index is 11.9. The molecule has 1 aromatic heterocycles. The second-order valence-corrected chi connectivity index (χ2v) is 5.21. The van der Waals surface area contributed by atoms with E-state index in [-0.39, 0.29) is 0 Å². The number of alkyl halides is 1. The molecule has 4 heteroatoms. The number of phenols is 1. The SMILES string of the molecule is Oc1cccc2[se]cc(CCNCF)c12. The predicted octanol–water partition coefficient (Wildman–Crippen LogP) is 1.66. The van der Waals surface area contributed by atoms with Crippen molar-refractivity contribution in [3.63, 3.8) is 0 Å². The summed E-state index contributed by atoms with van der Waals surface area (Å²) in [6.07, 6.45) is 0.774. The summed E-state index contributed by atoms with van der Waals surface area (Å²) in [4.78, 5) is 2.16. The zero-order chi connectivity index (χ0) is 10.7. The van der Waals surface area contributed by atoms with Gasteiger partial charge in [-0.3, -0.25) is 0 Å². The summed E-state index contributed by atoms with van der Waals surface area (Å²) in [5, 5.41) is 13.3. The molecule has 2 aromatic rings. The Kier molecular flexibility index (Phi) is 3.41. The summed E-state index contributed by atoms with van der Waals surface area (Å²) in [5.41, 5.74) is 1.14. The number of hydrogen-bond donors (Lipinski definition) is 2. The number of nitrogens with one attached hydrogen (secondary N) is 1. The summed E-state index contributed by atoms with van der Waals surface area (Å²) in [7, 11) is 0. The van der Waals surface area contributed by atoms with Crippen LogP contribution in [-0.4, -0.2) is 33.0 Å². The molecule has 0 saturated carbocycles. The third-order valence-electron chi connectivity index (χ3n) is 2.32. The molecule has 1 heterocycles. The first kappa shape index (κ1) is 10.7. The molecule has 2 rings (SSSR count). The van der Waals surface area contributed by atoms with Crippen LogP contribution in [0.3, 0.4) is 0 Å². The van der Waals surface area contributed by atoms with Crippen LogP contribution in [0.4, 0.5) is 4.39 Å². The summed E-state index contributed by atoms with van der Waals surface area (Å²) in [6, 6.07) is 5.62. The van der Waals surface area contributed by atoms with Crippen molar-refractivity contribution in [2.24, 2.45) is 0 Å². The Labute approximate surface area is 93.5 Å². The normalized spacial score (nSPS) is 11.0. The molecule has 0 aliphatic rings. The average Bonchev–Trinajstić information content (AvgIpc) is 2.63. The number of hydrogen-bond acceptors (Lipinski definition) is 2. The standard InChI is InChI=1S/C11H12FNOSe/c12-7-13-5-4-8-6-15-10-3-1-2-9(14)11(8)10/h1-3,6,13-14H,4-5,7H2. The molecule has 0 fully saturated rings. The molecule has 0 aliphatic heterocycles. The van der Waals surface area contributed by atoms with E-state index in [1.165, 1.54) is 4.26 Å². The van der Waals surface area contributed by atoms with Crippen LogP contribution in [0.25, 0.3) is 9.65 Å². The van der Waals surface area contributed by atoms with Crippen molar-refractivity contribution in [3.05, 3.63) is 28.7 Å². The van der Waals surface area contributed by atoms with E-state index < -0.39 is 6.80 Å². The number of halogens is 1. The number of aromatic hydroxyl groups is 1. The van der Waals surface area contributed by atoms with Gasteiger partial charge in [0.05, 0.1) is 0 Å². The molecular weight excluding hydrogens is 260 g/mol. The van der Waals surface area contributed by atoms with Crippen LogP contribution < -0.4 is 5.32 Å². The van der Waals surface area contributed by atoms with E-state index in [4.69, 9.17) is 0 Å². The van der Waals surface area contributed by atoms with Gasteiger partial charge in [0.25, 0.3) is 0 Å². The van der Waals surface area contributed by atoms with Crippen LogP contribution in [0, 0.1) is 0 Å². The minimum absolute atomic E-state index is 0.319. The number of phenolic OH excluding ortho intramolecular Hbond substituents is 1. The molecular formula is C11H12FNOSe. The van der Waals surface area contributed by atoms with Gasteiger partial charge in [0.2, 0.25) is 0 Å². The molecule has 80 valence electrons. The van der Waals surface area contributed by atoms with Gasteiger partial charge in [-0.1, -0.05) is 0 Å². The Morgan fingerprint density at radius 1 is 1.40 bits per heavy atom. The monoisotopic (exact) mass is 273 g/mol. The van der Waals surface area contributed by atoms with Crippen molar-refractivity contribution in [3.8, 4) is 5.75 Å². The molecule has 2 N–H and O–H groups in total. The minimum atomic E-state index is -0.494. The molecule has 0 radical (unpaired) electrons. The maximum atomic E-state index is 11.9. The summed E-state index contributed by atoms with van der Waals surface area (Å²) in [6.45, 7) is 0.123. The summed E-state index contributed by atoms with van der Waals surface area (Å²) in [5.74, 6) is 0.346. The molecule has 0 atom stereocenters. The van der Waals surface area contributed by atoms with Gasteiger partial charge in [0.1, 0.15) is 0 Å². The Bertz CT molecular complexity index is 455. The van der Waals surface area contributed by atoms with E-state index in [9.17, 15) is 9.50 Å². The molecule has 0 spiro atoms. The van der Waals surface area contributed by atoms with Crippen LogP contribution in [0.5, 0.6) is 5.75 Å². The fourth-order valence-corrected chi connectivity index (χ4v) is 3.74. The zero-order valence-corrected chi connectivity index (χ0v) is 9.88. The average molecular weight is 272 g/mol. The topological polar surface area (TPSA) is 32.3 Å². The summed E-state index contributed by atoms with van der Waals surface area (Å²) >= 11 is 0.319. The molecule has 1 aromatic carbocycles. The van der Waals surface area contributed by atoms with Crippen molar-refractivity contribution in [2.75, 3.05) is 13.3 Å². The van der Waals surface area contributed by atoms with Crippen molar-refractivity contribution < 1.29 is 9.50 Å². The van der Waals surface area contributed by atoms with E-state index in [1.807, 2.05) is 12.1 Å². The van der Waals surface area contributed by atoms with E-state index in [1.54, 1.807) is 6.07 Å². The molecule has 0 bridgehead atoms. The van der Waals surface area contributed by atoms with Gasteiger partial charge < -0.3 is 0 Å². The molecule has 0 aliphatic carbocycles. The van der Waals surface area contributed by atoms with Gasteiger partial charge in [-0.25, -0.2) is 0 Å². The molecule has 2 nitrogen and oxygen atoms in total. The molecule has 0 unspecified atom stereocenters. The zero-order valence-electron chi connectivity index (χ0n) is 8.16. The Morgan fingerprint density at radius 2 is 2.27 bits per heavy atom. The van der Waals surface area contributed by atoms with Crippen LogP contribution >= 0.6 is 0 Å². The predicted molar refractivity (Wildman–Crippen MR) is 60.2 cm³/mol. The van der Waals surface area contributed by atoms with E-state index in [0.717, 1.165) is 17.4 Å². The van der Waals surface area contributed by atoms with Gasteiger partial charge >= 0.3 is 93.2 Å². The number of fused-ring (bicyclic) bond motifs is 1. The van der Waals surface area contributed by atoms with Crippen LogP contribution in [0.2, 0.25) is 0 Å². The third kappa shape index (κ3) is 2.23. The summed E-state index contributed by atoms with van der Waals surface area (Å²) < 4.78 is 13.1. The van der Waals surface area contributed by atoms with E-state index in [0.29, 0.717) is 26.8 Å². The van der Waals surface area contributed by atoms with Crippen LogP contribution in [0.1, 0.15) is 5.56 Å². The van der Waals surface area contributed by atoms with Crippen LogP contribution in [-0.2, 0) is 6.42 Å².